The molecule has 1 aromatic heterocycles. The molecule has 1 aliphatic rings. The van der Waals surface area contributed by atoms with Crippen LogP contribution in [0.5, 0.6) is 0 Å². The number of thioether (sulfide) groups is 1. The van der Waals surface area contributed by atoms with Gasteiger partial charge in [-0.05, 0) is 32.6 Å². The van der Waals surface area contributed by atoms with E-state index in [1.807, 2.05) is 4.57 Å². The molecule has 0 aromatic carbocycles. The molecule has 1 aliphatic carbocycles. The average molecular weight is 296 g/mol. The molecule has 5 nitrogen and oxygen atoms in total. The second-order valence-corrected chi connectivity index (χ2v) is 6.78. The molecule has 0 saturated heterocycles. The van der Waals surface area contributed by atoms with Crippen LogP contribution in [0, 0.1) is 5.92 Å². The van der Waals surface area contributed by atoms with E-state index < -0.39 is 0 Å². The zero-order chi connectivity index (χ0) is 14.5. The quantitative estimate of drug-likeness (QED) is 0.849. The van der Waals surface area contributed by atoms with E-state index in [2.05, 4.69) is 36.3 Å². The molecule has 0 unspecified atom stereocenters. The lowest BCUT2D eigenvalue weighted by molar-refractivity contribution is -0.119. The van der Waals surface area contributed by atoms with Crippen molar-refractivity contribution in [3.8, 4) is 0 Å². The van der Waals surface area contributed by atoms with E-state index in [0.717, 1.165) is 11.6 Å². The third-order valence-corrected chi connectivity index (χ3v) is 4.84. The maximum atomic E-state index is 12.0. The monoisotopic (exact) mass is 296 g/mol. The highest BCUT2D eigenvalue weighted by Crippen LogP contribution is 2.24. The van der Waals surface area contributed by atoms with Crippen LogP contribution in [0.3, 0.4) is 0 Å². The van der Waals surface area contributed by atoms with Crippen LogP contribution in [0.4, 0.5) is 0 Å². The van der Waals surface area contributed by atoms with Gasteiger partial charge in [-0.1, -0.05) is 31.5 Å². The Labute approximate surface area is 124 Å². The lowest BCUT2D eigenvalue weighted by atomic mass is 9.86. The van der Waals surface area contributed by atoms with Crippen molar-refractivity contribution in [1.29, 1.82) is 0 Å². The first-order valence-corrected chi connectivity index (χ1v) is 8.38. The van der Waals surface area contributed by atoms with E-state index in [0.29, 0.717) is 23.8 Å². The van der Waals surface area contributed by atoms with Gasteiger partial charge in [0.05, 0.1) is 5.75 Å². The predicted octanol–water partition coefficient (Wildman–Crippen LogP) is 2.65. The Morgan fingerprint density at radius 3 is 2.95 bits per heavy atom. The van der Waals surface area contributed by atoms with E-state index in [9.17, 15) is 4.79 Å². The molecule has 1 saturated carbocycles. The summed E-state index contributed by atoms with van der Waals surface area (Å²) in [6.45, 7) is 6.39. The lowest BCUT2D eigenvalue weighted by Crippen LogP contribution is -2.41. The van der Waals surface area contributed by atoms with Gasteiger partial charge in [-0.3, -0.25) is 4.79 Å². The van der Waals surface area contributed by atoms with Crippen molar-refractivity contribution >= 4 is 17.7 Å². The zero-order valence-electron chi connectivity index (χ0n) is 12.5. The van der Waals surface area contributed by atoms with Gasteiger partial charge in [-0.25, -0.2) is 0 Å². The molecule has 1 aromatic rings. The van der Waals surface area contributed by atoms with Crippen LogP contribution in [0.15, 0.2) is 11.5 Å². The van der Waals surface area contributed by atoms with Crippen LogP contribution < -0.4 is 5.32 Å². The highest BCUT2D eigenvalue weighted by atomic mass is 32.2. The molecule has 1 N–H and O–H groups in total. The minimum Gasteiger partial charge on any atom is -0.352 e. The fourth-order valence-electron chi connectivity index (χ4n) is 2.60. The van der Waals surface area contributed by atoms with Gasteiger partial charge in [0, 0.05) is 12.1 Å². The van der Waals surface area contributed by atoms with E-state index in [4.69, 9.17) is 0 Å². The van der Waals surface area contributed by atoms with Gasteiger partial charge >= 0.3 is 0 Å². The third kappa shape index (κ3) is 3.98. The van der Waals surface area contributed by atoms with Gasteiger partial charge in [0.15, 0.2) is 5.16 Å². The summed E-state index contributed by atoms with van der Waals surface area (Å²) in [6.07, 6.45) is 6.57. The largest absolute Gasteiger partial charge is 0.352 e. The number of carbonyl (C=O) groups excluding carboxylic acids is 1. The van der Waals surface area contributed by atoms with Crippen LogP contribution in [-0.4, -0.2) is 32.5 Å². The summed E-state index contributed by atoms with van der Waals surface area (Å²) in [7, 11) is 0. The number of hydrogen-bond donors (Lipinski definition) is 1. The second-order valence-electron chi connectivity index (χ2n) is 5.84. The smallest absolute Gasteiger partial charge is 0.230 e. The van der Waals surface area contributed by atoms with Crippen molar-refractivity contribution in [1.82, 2.24) is 20.1 Å². The van der Waals surface area contributed by atoms with Gasteiger partial charge < -0.3 is 9.88 Å². The SMILES string of the molecule is CC(C)n1cnnc1SCC(=O)N[C@@H]1CCCC[C@@H]1C. The minimum atomic E-state index is 0.104. The Balaban J connectivity index is 1.81. The van der Waals surface area contributed by atoms with Crippen molar-refractivity contribution in [3.63, 3.8) is 0 Å². The summed E-state index contributed by atoms with van der Waals surface area (Å²) in [6, 6.07) is 0.661. The molecule has 20 heavy (non-hydrogen) atoms. The number of carbonyl (C=O) groups is 1. The molecule has 2 atom stereocenters. The highest BCUT2D eigenvalue weighted by molar-refractivity contribution is 7.99. The summed E-state index contributed by atoms with van der Waals surface area (Å²) in [4.78, 5) is 12.0. The molecule has 0 radical (unpaired) electrons. The maximum absolute atomic E-state index is 12.0. The molecule has 112 valence electrons. The predicted molar refractivity (Wildman–Crippen MR) is 80.7 cm³/mol. The van der Waals surface area contributed by atoms with E-state index in [-0.39, 0.29) is 5.91 Å². The summed E-state index contributed by atoms with van der Waals surface area (Å²) in [5, 5.41) is 12.0. The first-order valence-electron chi connectivity index (χ1n) is 7.39. The summed E-state index contributed by atoms with van der Waals surface area (Å²) in [5.41, 5.74) is 0. The molecular weight excluding hydrogens is 272 g/mol. The topological polar surface area (TPSA) is 59.8 Å². The maximum Gasteiger partial charge on any atom is 0.230 e. The number of rotatable bonds is 5. The minimum absolute atomic E-state index is 0.104. The van der Waals surface area contributed by atoms with Crippen LogP contribution in [-0.2, 0) is 4.79 Å². The van der Waals surface area contributed by atoms with E-state index >= 15 is 0 Å². The van der Waals surface area contributed by atoms with Crippen molar-refractivity contribution in [3.05, 3.63) is 6.33 Å². The van der Waals surface area contributed by atoms with Crippen molar-refractivity contribution in [2.75, 3.05) is 5.75 Å². The molecule has 0 spiro atoms. The van der Waals surface area contributed by atoms with Gasteiger partial charge in [0.1, 0.15) is 6.33 Å². The molecule has 2 rings (SSSR count). The van der Waals surface area contributed by atoms with Gasteiger partial charge in [-0.2, -0.15) is 0 Å². The molecule has 0 aliphatic heterocycles. The Morgan fingerprint density at radius 1 is 1.50 bits per heavy atom. The standard InChI is InChI=1S/C14H24N4OS/c1-10(2)18-9-15-17-14(18)20-8-13(19)16-12-7-5-4-6-11(12)3/h9-12H,4-8H2,1-3H3,(H,16,19)/t11-,12+/m0/s1. The highest BCUT2D eigenvalue weighted by Gasteiger charge is 2.23. The van der Waals surface area contributed by atoms with Crippen LogP contribution in [0.2, 0.25) is 0 Å². The molecule has 1 amide bonds. The molecule has 1 heterocycles. The summed E-state index contributed by atoms with van der Waals surface area (Å²) in [5.74, 6) is 1.11. The average Bonchev–Trinajstić information content (AvgIpc) is 2.88. The first kappa shape index (κ1) is 15.4. The molecular formula is C14H24N4OS. The Bertz CT molecular complexity index is 446. The molecule has 0 bridgehead atoms. The second kappa shape index (κ2) is 7.11. The molecule has 1 fully saturated rings. The van der Waals surface area contributed by atoms with E-state index in [1.54, 1.807) is 6.33 Å². The number of amides is 1. The van der Waals surface area contributed by atoms with Gasteiger partial charge in [0.25, 0.3) is 0 Å². The lowest BCUT2D eigenvalue weighted by Gasteiger charge is -2.29. The van der Waals surface area contributed by atoms with Crippen LogP contribution in [0.1, 0.15) is 52.5 Å². The van der Waals surface area contributed by atoms with Crippen LogP contribution >= 0.6 is 11.8 Å². The summed E-state index contributed by atoms with van der Waals surface area (Å²) >= 11 is 1.46. The van der Waals surface area contributed by atoms with Crippen molar-refractivity contribution < 1.29 is 4.79 Å². The Hall–Kier alpha value is -1.04. The number of nitrogens with zero attached hydrogens (tertiary/aromatic N) is 3. The summed E-state index contributed by atoms with van der Waals surface area (Å²) < 4.78 is 1.99. The fraction of sp³-hybridized carbons (Fsp3) is 0.786. The Kier molecular flexibility index (Phi) is 5.46. The van der Waals surface area contributed by atoms with Gasteiger partial charge in [0.2, 0.25) is 5.91 Å². The first-order chi connectivity index (χ1) is 9.58. The zero-order valence-corrected chi connectivity index (χ0v) is 13.3. The van der Waals surface area contributed by atoms with E-state index in [1.165, 1.54) is 31.0 Å². The van der Waals surface area contributed by atoms with Crippen molar-refractivity contribution in [2.24, 2.45) is 5.92 Å². The number of aromatic nitrogens is 3. The Morgan fingerprint density at radius 2 is 2.25 bits per heavy atom. The number of hydrogen-bond acceptors (Lipinski definition) is 4. The van der Waals surface area contributed by atoms with Crippen molar-refractivity contribution in [2.45, 2.75) is 63.7 Å². The normalized spacial score (nSPS) is 23.0. The third-order valence-electron chi connectivity index (χ3n) is 3.89. The fourth-order valence-corrected chi connectivity index (χ4v) is 3.45. The van der Waals surface area contributed by atoms with Gasteiger partial charge in [-0.15, -0.1) is 10.2 Å². The number of nitrogens with one attached hydrogen (secondary N) is 1. The molecule has 6 heteroatoms. The van der Waals surface area contributed by atoms with Crippen LogP contribution in [0.25, 0.3) is 0 Å².